The molecule has 110 valence electrons. The lowest BCUT2D eigenvalue weighted by Gasteiger charge is -2.13. The van der Waals surface area contributed by atoms with Crippen LogP contribution in [0.4, 0.5) is 10.1 Å². The monoisotopic (exact) mass is 350 g/mol. The average molecular weight is 351 g/mol. The van der Waals surface area contributed by atoms with Crippen LogP contribution in [0.15, 0.2) is 53.0 Å². The molecule has 5 heteroatoms. The summed E-state index contributed by atoms with van der Waals surface area (Å²) in [7, 11) is 0. The summed E-state index contributed by atoms with van der Waals surface area (Å²) < 4.78 is 14.3. The van der Waals surface area contributed by atoms with Crippen LogP contribution in [0.1, 0.15) is 12.0 Å². The number of halogens is 2. The molecular formula is C16H16BrFN2O. The van der Waals surface area contributed by atoms with Gasteiger partial charge in [-0.2, -0.15) is 0 Å². The number of benzene rings is 2. The summed E-state index contributed by atoms with van der Waals surface area (Å²) in [4.78, 5) is 12.0. The zero-order chi connectivity index (χ0) is 15.2. The molecule has 21 heavy (non-hydrogen) atoms. The lowest BCUT2D eigenvalue weighted by Crippen LogP contribution is -2.36. The maximum absolute atomic E-state index is 13.6. The molecule has 0 aliphatic carbocycles. The normalized spacial score (nSPS) is 12.0. The van der Waals surface area contributed by atoms with Crippen molar-refractivity contribution < 1.29 is 9.18 Å². The Morgan fingerprint density at radius 2 is 1.95 bits per heavy atom. The number of rotatable bonds is 5. The fourth-order valence-corrected chi connectivity index (χ4v) is 2.25. The Labute approximate surface area is 131 Å². The van der Waals surface area contributed by atoms with Crippen LogP contribution in [0.5, 0.6) is 0 Å². The smallest absolute Gasteiger partial charge is 0.241 e. The van der Waals surface area contributed by atoms with Crippen LogP contribution in [-0.2, 0) is 11.2 Å². The van der Waals surface area contributed by atoms with Crippen molar-refractivity contribution in [3.8, 4) is 0 Å². The largest absolute Gasteiger partial charge is 0.322 e. The topological polar surface area (TPSA) is 55.1 Å². The lowest BCUT2D eigenvalue weighted by atomic mass is 10.1. The lowest BCUT2D eigenvalue weighted by molar-refractivity contribution is -0.117. The number of anilines is 1. The fraction of sp³-hybridized carbons (Fsp3) is 0.188. The van der Waals surface area contributed by atoms with E-state index in [2.05, 4.69) is 21.2 Å². The van der Waals surface area contributed by atoms with E-state index >= 15 is 0 Å². The molecule has 0 aliphatic rings. The van der Waals surface area contributed by atoms with Crippen molar-refractivity contribution in [3.63, 3.8) is 0 Å². The van der Waals surface area contributed by atoms with Gasteiger partial charge in [-0.15, -0.1) is 0 Å². The third-order valence-corrected chi connectivity index (χ3v) is 3.61. The summed E-state index contributed by atoms with van der Waals surface area (Å²) in [6, 6.07) is 13.6. The van der Waals surface area contributed by atoms with Gasteiger partial charge in [-0.3, -0.25) is 4.79 Å². The van der Waals surface area contributed by atoms with E-state index in [1.54, 1.807) is 6.07 Å². The third-order valence-electron chi connectivity index (χ3n) is 3.11. The van der Waals surface area contributed by atoms with E-state index in [0.717, 1.165) is 5.56 Å². The SMILES string of the molecule is NC(CCc1ccccc1)C(=O)Nc1ccc(Br)cc1F. The maximum Gasteiger partial charge on any atom is 0.241 e. The van der Waals surface area contributed by atoms with Gasteiger partial charge < -0.3 is 11.1 Å². The van der Waals surface area contributed by atoms with E-state index in [0.29, 0.717) is 17.3 Å². The molecule has 1 unspecified atom stereocenters. The van der Waals surface area contributed by atoms with Crippen LogP contribution in [-0.4, -0.2) is 11.9 Å². The second-order valence-corrected chi connectivity index (χ2v) is 5.66. The van der Waals surface area contributed by atoms with E-state index in [4.69, 9.17) is 5.73 Å². The zero-order valence-corrected chi connectivity index (χ0v) is 12.9. The van der Waals surface area contributed by atoms with Crippen molar-refractivity contribution in [1.82, 2.24) is 0 Å². The van der Waals surface area contributed by atoms with Crippen LogP contribution >= 0.6 is 15.9 Å². The molecule has 1 amide bonds. The Bertz CT molecular complexity index is 619. The van der Waals surface area contributed by atoms with Crippen molar-refractivity contribution in [2.45, 2.75) is 18.9 Å². The van der Waals surface area contributed by atoms with Gasteiger partial charge in [0.2, 0.25) is 5.91 Å². The minimum atomic E-state index is -0.673. The number of hydrogen-bond donors (Lipinski definition) is 2. The van der Waals surface area contributed by atoms with E-state index in [-0.39, 0.29) is 11.6 Å². The molecule has 0 spiro atoms. The summed E-state index contributed by atoms with van der Waals surface area (Å²) in [6.07, 6.45) is 1.21. The Hall–Kier alpha value is -1.72. The number of carbonyl (C=O) groups is 1. The first-order valence-electron chi connectivity index (χ1n) is 6.61. The number of aryl methyl sites for hydroxylation is 1. The van der Waals surface area contributed by atoms with Gasteiger partial charge in [0, 0.05) is 4.47 Å². The molecule has 0 aromatic heterocycles. The number of nitrogens with one attached hydrogen (secondary N) is 1. The molecule has 0 saturated heterocycles. The second kappa shape index (κ2) is 7.33. The van der Waals surface area contributed by atoms with Gasteiger partial charge in [0.25, 0.3) is 0 Å². The molecule has 1 atom stereocenters. The van der Waals surface area contributed by atoms with Crippen molar-refractivity contribution in [2.75, 3.05) is 5.32 Å². The van der Waals surface area contributed by atoms with Gasteiger partial charge >= 0.3 is 0 Å². The molecule has 0 heterocycles. The van der Waals surface area contributed by atoms with E-state index in [1.165, 1.54) is 12.1 Å². The molecule has 3 N–H and O–H groups in total. The molecule has 0 radical (unpaired) electrons. The van der Waals surface area contributed by atoms with Gasteiger partial charge in [-0.25, -0.2) is 4.39 Å². The quantitative estimate of drug-likeness (QED) is 0.867. The number of nitrogens with two attached hydrogens (primary N) is 1. The molecular weight excluding hydrogens is 335 g/mol. The number of hydrogen-bond acceptors (Lipinski definition) is 2. The summed E-state index contributed by atoms with van der Waals surface area (Å²) in [5.41, 5.74) is 7.11. The highest BCUT2D eigenvalue weighted by molar-refractivity contribution is 9.10. The predicted octanol–water partition coefficient (Wildman–Crippen LogP) is 3.49. The third kappa shape index (κ3) is 4.65. The Morgan fingerprint density at radius 3 is 2.62 bits per heavy atom. The molecule has 0 saturated carbocycles. The highest BCUT2D eigenvalue weighted by Gasteiger charge is 2.15. The average Bonchev–Trinajstić information content (AvgIpc) is 2.48. The standard InChI is InChI=1S/C16H16BrFN2O/c17-12-7-9-15(13(18)10-12)20-16(21)14(19)8-6-11-4-2-1-3-5-11/h1-5,7,9-10,14H,6,8,19H2,(H,20,21). The summed E-state index contributed by atoms with van der Waals surface area (Å²) >= 11 is 3.16. The van der Waals surface area contributed by atoms with Crippen molar-refractivity contribution in [3.05, 3.63) is 64.4 Å². The minimum Gasteiger partial charge on any atom is -0.322 e. The molecule has 2 rings (SSSR count). The summed E-state index contributed by atoms with van der Waals surface area (Å²) in [5.74, 6) is -0.875. The van der Waals surface area contributed by atoms with E-state index in [1.807, 2.05) is 30.3 Å². The van der Waals surface area contributed by atoms with Gasteiger partial charge in [0.1, 0.15) is 5.82 Å². The summed E-state index contributed by atoms with van der Waals surface area (Å²) in [5, 5.41) is 2.51. The van der Waals surface area contributed by atoms with Crippen molar-refractivity contribution in [1.29, 1.82) is 0 Å². The number of carbonyl (C=O) groups excluding carboxylic acids is 1. The van der Waals surface area contributed by atoms with Crippen molar-refractivity contribution in [2.24, 2.45) is 5.73 Å². The fourth-order valence-electron chi connectivity index (χ4n) is 1.91. The highest BCUT2D eigenvalue weighted by Crippen LogP contribution is 2.19. The predicted molar refractivity (Wildman–Crippen MR) is 85.5 cm³/mol. The van der Waals surface area contributed by atoms with Gasteiger partial charge in [-0.1, -0.05) is 46.3 Å². The first-order valence-corrected chi connectivity index (χ1v) is 7.41. The highest BCUT2D eigenvalue weighted by atomic mass is 79.9. The Balaban J connectivity index is 1.90. The summed E-state index contributed by atoms with van der Waals surface area (Å²) in [6.45, 7) is 0. The maximum atomic E-state index is 13.6. The van der Waals surface area contributed by atoms with E-state index in [9.17, 15) is 9.18 Å². The number of amides is 1. The molecule has 0 fully saturated rings. The van der Waals surface area contributed by atoms with Gasteiger partial charge in [0.05, 0.1) is 11.7 Å². The van der Waals surface area contributed by atoms with Gasteiger partial charge in [-0.05, 0) is 36.6 Å². The minimum absolute atomic E-state index is 0.137. The molecule has 0 aliphatic heterocycles. The van der Waals surface area contributed by atoms with Crippen LogP contribution in [0, 0.1) is 5.82 Å². The van der Waals surface area contributed by atoms with Crippen LogP contribution < -0.4 is 11.1 Å². The Kier molecular flexibility index (Phi) is 5.47. The van der Waals surface area contributed by atoms with Crippen LogP contribution in [0.3, 0.4) is 0 Å². The zero-order valence-electron chi connectivity index (χ0n) is 11.4. The first kappa shape index (κ1) is 15.7. The second-order valence-electron chi connectivity index (χ2n) is 4.74. The van der Waals surface area contributed by atoms with Gasteiger partial charge in [0.15, 0.2) is 0 Å². The van der Waals surface area contributed by atoms with E-state index < -0.39 is 11.9 Å². The molecule has 0 bridgehead atoms. The van der Waals surface area contributed by atoms with Crippen molar-refractivity contribution >= 4 is 27.5 Å². The van der Waals surface area contributed by atoms with Crippen LogP contribution in [0.25, 0.3) is 0 Å². The van der Waals surface area contributed by atoms with Crippen LogP contribution in [0.2, 0.25) is 0 Å². The molecule has 3 nitrogen and oxygen atoms in total. The molecule has 2 aromatic rings. The first-order chi connectivity index (χ1) is 10.1. The molecule has 2 aromatic carbocycles. The Morgan fingerprint density at radius 1 is 1.24 bits per heavy atom.